The molecule has 5 heteroatoms. The molecule has 0 heterocycles. The summed E-state index contributed by atoms with van der Waals surface area (Å²) in [5, 5.41) is 3.09. The maximum Gasteiger partial charge on any atom is 0.242 e. The topological polar surface area (TPSA) is 49.4 Å². The van der Waals surface area contributed by atoms with Crippen LogP contribution in [0, 0.1) is 12.7 Å². The Morgan fingerprint density at radius 1 is 1.03 bits per heavy atom. The number of nitrogens with zero attached hydrogens (tertiary/aromatic N) is 1. The van der Waals surface area contributed by atoms with Gasteiger partial charge in [-0.2, -0.15) is 0 Å². The van der Waals surface area contributed by atoms with Crippen LogP contribution >= 0.6 is 0 Å². The predicted molar refractivity (Wildman–Crippen MR) is 112 cm³/mol. The highest BCUT2D eigenvalue weighted by Crippen LogP contribution is 2.19. The zero-order valence-corrected chi connectivity index (χ0v) is 17.2. The molecule has 0 aliphatic heterocycles. The number of hydrogen-bond acceptors (Lipinski definition) is 2. The minimum atomic E-state index is -0.599. The molecule has 1 saturated carbocycles. The van der Waals surface area contributed by atoms with E-state index >= 15 is 0 Å². The van der Waals surface area contributed by atoms with Gasteiger partial charge in [0.25, 0.3) is 0 Å². The number of aryl methyl sites for hydroxylation is 1. The van der Waals surface area contributed by atoms with Crippen LogP contribution in [-0.4, -0.2) is 28.8 Å². The van der Waals surface area contributed by atoms with E-state index in [-0.39, 0.29) is 36.6 Å². The first-order chi connectivity index (χ1) is 13.9. The molecule has 1 atom stereocenters. The van der Waals surface area contributed by atoms with Crippen molar-refractivity contribution >= 4 is 11.8 Å². The number of carbonyl (C=O) groups is 2. The van der Waals surface area contributed by atoms with E-state index < -0.39 is 6.04 Å². The minimum absolute atomic E-state index is 0.118. The Hall–Kier alpha value is -2.69. The Morgan fingerprint density at radius 2 is 1.62 bits per heavy atom. The molecule has 2 aromatic rings. The molecule has 2 aromatic carbocycles. The molecule has 0 saturated heterocycles. The number of benzene rings is 2. The normalized spacial score (nSPS) is 15.1. The summed E-state index contributed by atoms with van der Waals surface area (Å²) in [6.45, 7) is 4.03. The summed E-state index contributed by atoms with van der Waals surface area (Å²) in [4.78, 5) is 27.5. The highest BCUT2D eigenvalue weighted by molar-refractivity contribution is 5.88. The highest BCUT2D eigenvalue weighted by atomic mass is 19.1. The Balaban J connectivity index is 1.75. The van der Waals surface area contributed by atoms with Gasteiger partial charge in [-0.25, -0.2) is 4.39 Å². The Bertz CT molecular complexity index is 827. The number of halogens is 1. The van der Waals surface area contributed by atoms with E-state index in [0.717, 1.165) is 42.4 Å². The van der Waals surface area contributed by atoms with Gasteiger partial charge < -0.3 is 10.2 Å². The van der Waals surface area contributed by atoms with E-state index in [1.807, 2.05) is 31.2 Å². The first-order valence-electron chi connectivity index (χ1n) is 10.3. The van der Waals surface area contributed by atoms with Gasteiger partial charge in [-0.05, 0) is 49.9 Å². The molecule has 3 rings (SSSR count). The summed E-state index contributed by atoms with van der Waals surface area (Å²) in [6.07, 6.45) is 4.47. The van der Waals surface area contributed by atoms with Gasteiger partial charge in [0.1, 0.15) is 11.9 Å². The summed E-state index contributed by atoms with van der Waals surface area (Å²) in [5.74, 6) is -0.568. The van der Waals surface area contributed by atoms with Gasteiger partial charge >= 0.3 is 0 Å². The monoisotopic (exact) mass is 396 g/mol. The third kappa shape index (κ3) is 5.89. The molecule has 29 heavy (non-hydrogen) atoms. The second-order valence-electron chi connectivity index (χ2n) is 7.98. The van der Waals surface area contributed by atoms with Crippen LogP contribution in [0.1, 0.15) is 49.3 Å². The molecule has 0 aromatic heterocycles. The molecule has 1 aliphatic rings. The van der Waals surface area contributed by atoms with Crippen molar-refractivity contribution in [2.24, 2.45) is 0 Å². The van der Waals surface area contributed by atoms with E-state index in [0.29, 0.717) is 0 Å². The SMILES string of the molecule is Cc1ccc(CC(=O)N(Cc2ccc(F)cc2)C(C)C(=O)NC2CCCC2)cc1. The zero-order valence-electron chi connectivity index (χ0n) is 17.2. The predicted octanol–water partition coefficient (Wildman–Crippen LogP) is 4.15. The molecule has 1 unspecified atom stereocenters. The highest BCUT2D eigenvalue weighted by Gasteiger charge is 2.28. The van der Waals surface area contributed by atoms with Gasteiger partial charge in [0, 0.05) is 12.6 Å². The fraction of sp³-hybridized carbons (Fsp3) is 0.417. The number of carbonyl (C=O) groups excluding carboxylic acids is 2. The van der Waals surface area contributed by atoms with Crippen LogP contribution in [0.15, 0.2) is 48.5 Å². The van der Waals surface area contributed by atoms with Crippen molar-refractivity contribution < 1.29 is 14.0 Å². The third-order valence-corrected chi connectivity index (χ3v) is 5.61. The maximum atomic E-state index is 13.3. The third-order valence-electron chi connectivity index (χ3n) is 5.61. The number of rotatable bonds is 7. The van der Waals surface area contributed by atoms with Crippen LogP contribution in [0.4, 0.5) is 4.39 Å². The summed E-state index contributed by atoms with van der Waals surface area (Å²) < 4.78 is 13.3. The molecule has 0 bridgehead atoms. The molecule has 4 nitrogen and oxygen atoms in total. The van der Waals surface area contributed by atoms with Crippen LogP contribution in [-0.2, 0) is 22.6 Å². The van der Waals surface area contributed by atoms with Crippen LogP contribution in [0.5, 0.6) is 0 Å². The van der Waals surface area contributed by atoms with Gasteiger partial charge in [-0.15, -0.1) is 0 Å². The summed E-state index contributed by atoms with van der Waals surface area (Å²) >= 11 is 0. The molecule has 1 fully saturated rings. The second-order valence-corrected chi connectivity index (χ2v) is 7.98. The van der Waals surface area contributed by atoms with Crippen molar-refractivity contribution in [2.75, 3.05) is 0 Å². The van der Waals surface area contributed by atoms with Crippen LogP contribution < -0.4 is 5.32 Å². The fourth-order valence-electron chi connectivity index (χ4n) is 3.74. The van der Waals surface area contributed by atoms with Gasteiger partial charge in [0.2, 0.25) is 11.8 Å². The smallest absolute Gasteiger partial charge is 0.242 e. The van der Waals surface area contributed by atoms with Crippen LogP contribution in [0.25, 0.3) is 0 Å². The summed E-state index contributed by atoms with van der Waals surface area (Å²) in [6, 6.07) is 13.5. The molecule has 2 amide bonds. The Labute approximate surface area is 172 Å². The standard InChI is InChI=1S/C24H29FN2O2/c1-17-7-9-19(10-8-17)15-23(28)27(16-20-11-13-21(25)14-12-20)18(2)24(29)26-22-5-3-4-6-22/h7-14,18,22H,3-6,15-16H2,1-2H3,(H,26,29). The average molecular weight is 397 g/mol. The van der Waals surface area contributed by atoms with E-state index in [1.165, 1.54) is 12.1 Å². The zero-order chi connectivity index (χ0) is 20.8. The summed E-state index contributed by atoms with van der Waals surface area (Å²) in [7, 11) is 0. The number of nitrogens with one attached hydrogen (secondary N) is 1. The van der Waals surface area contributed by atoms with E-state index in [9.17, 15) is 14.0 Å². The van der Waals surface area contributed by atoms with E-state index in [4.69, 9.17) is 0 Å². The maximum absolute atomic E-state index is 13.3. The van der Waals surface area contributed by atoms with Gasteiger partial charge in [0.15, 0.2) is 0 Å². The number of amides is 2. The van der Waals surface area contributed by atoms with Crippen LogP contribution in [0.2, 0.25) is 0 Å². The molecule has 0 spiro atoms. The van der Waals surface area contributed by atoms with Crippen molar-refractivity contribution in [3.05, 3.63) is 71.0 Å². The lowest BCUT2D eigenvalue weighted by atomic mass is 10.1. The number of hydrogen-bond donors (Lipinski definition) is 1. The van der Waals surface area contributed by atoms with Crippen LogP contribution in [0.3, 0.4) is 0 Å². The quantitative estimate of drug-likeness (QED) is 0.764. The van der Waals surface area contributed by atoms with Crippen molar-refractivity contribution in [3.63, 3.8) is 0 Å². The van der Waals surface area contributed by atoms with Crippen molar-refractivity contribution in [3.8, 4) is 0 Å². The first kappa shape index (κ1) is 21.0. The lowest BCUT2D eigenvalue weighted by Crippen LogP contribution is -2.50. The minimum Gasteiger partial charge on any atom is -0.352 e. The summed E-state index contributed by atoms with van der Waals surface area (Å²) in [5.41, 5.74) is 2.84. The van der Waals surface area contributed by atoms with Gasteiger partial charge in [-0.3, -0.25) is 9.59 Å². The van der Waals surface area contributed by atoms with Crippen molar-refractivity contribution in [1.29, 1.82) is 0 Å². The Kier molecular flexibility index (Phi) is 7.02. The second kappa shape index (κ2) is 9.68. The molecule has 154 valence electrons. The lowest BCUT2D eigenvalue weighted by Gasteiger charge is -2.30. The van der Waals surface area contributed by atoms with E-state index in [1.54, 1.807) is 24.0 Å². The average Bonchev–Trinajstić information content (AvgIpc) is 3.21. The van der Waals surface area contributed by atoms with Gasteiger partial charge in [-0.1, -0.05) is 54.8 Å². The molecular weight excluding hydrogens is 367 g/mol. The largest absolute Gasteiger partial charge is 0.352 e. The molecular formula is C24H29FN2O2. The Morgan fingerprint density at radius 3 is 2.24 bits per heavy atom. The van der Waals surface area contributed by atoms with Gasteiger partial charge in [0.05, 0.1) is 6.42 Å². The molecule has 1 aliphatic carbocycles. The first-order valence-corrected chi connectivity index (χ1v) is 10.3. The van der Waals surface area contributed by atoms with Crippen molar-refractivity contribution in [1.82, 2.24) is 10.2 Å². The molecule has 0 radical (unpaired) electrons. The molecule has 1 N–H and O–H groups in total. The lowest BCUT2D eigenvalue weighted by molar-refractivity contribution is -0.140. The van der Waals surface area contributed by atoms with E-state index in [2.05, 4.69) is 5.32 Å². The fourth-order valence-corrected chi connectivity index (χ4v) is 3.74. The van der Waals surface area contributed by atoms with Crippen molar-refractivity contribution in [2.45, 2.75) is 64.6 Å².